The summed E-state index contributed by atoms with van der Waals surface area (Å²) in [6.07, 6.45) is 2.28. The zero-order valence-electron chi connectivity index (χ0n) is 17.9. The molecular formula is C31H20N2. The number of benzene rings is 5. The monoisotopic (exact) mass is 420 g/mol. The maximum atomic E-state index is 5.16. The lowest BCUT2D eigenvalue weighted by atomic mass is 9.95. The molecule has 0 spiro atoms. The Morgan fingerprint density at radius 1 is 0.455 bits per heavy atom. The van der Waals surface area contributed by atoms with Crippen LogP contribution in [0.2, 0.25) is 0 Å². The van der Waals surface area contributed by atoms with Gasteiger partial charge in [0.2, 0.25) is 0 Å². The van der Waals surface area contributed by atoms with Crippen molar-refractivity contribution in [1.29, 1.82) is 0 Å². The van der Waals surface area contributed by atoms with Crippen LogP contribution < -0.4 is 0 Å². The molecule has 154 valence electrons. The maximum Gasteiger partial charge on any atom is 0.138 e. The van der Waals surface area contributed by atoms with Crippen LogP contribution in [0.3, 0.4) is 0 Å². The minimum absolute atomic E-state index is 0.959. The molecule has 0 aliphatic carbocycles. The fraction of sp³-hybridized carbons (Fsp3) is 0. The first kappa shape index (κ1) is 18.2. The molecule has 0 unspecified atom stereocenters. The molecule has 5 aromatic carbocycles. The molecule has 0 fully saturated rings. The van der Waals surface area contributed by atoms with Gasteiger partial charge in [0.05, 0.1) is 11.4 Å². The van der Waals surface area contributed by atoms with Crippen molar-refractivity contribution < 1.29 is 0 Å². The lowest BCUT2D eigenvalue weighted by Gasteiger charge is -2.12. The first-order valence-corrected chi connectivity index (χ1v) is 11.2. The Balaban J connectivity index is 1.69. The molecule has 7 rings (SSSR count). The summed E-state index contributed by atoms with van der Waals surface area (Å²) in [6.45, 7) is 0. The lowest BCUT2D eigenvalue weighted by molar-refractivity contribution is 1.21. The number of pyridine rings is 1. The number of aromatic nitrogens is 2. The van der Waals surface area contributed by atoms with E-state index in [9.17, 15) is 0 Å². The number of nitrogens with zero attached hydrogens (tertiary/aromatic N) is 2. The van der Waals surface area contributed by atoms with Crippen LogP contribution in [0.25, 0.3) is 60.5 Å². The highest BCUT2D eigenvalue weighted by Gasteiger charge is 2.18. The number of imidazole rings is 1. The average Bonchev–Trinajstić information content (AvgIpc) is 3.27. The summed E-state index contributed by atoms with van der Waals surface area (Å²) in [5, 5.41) is 7.57. The first-order valence-electron chi connectivity index (χ1n) is 11.2. The molecule has 2 aromatic heterocycles. The van der Waals surface area contributed by atoms with Gasteiger partial charge in [-0.05, 0) is 33.0 Å². The molecule has 0 radical (unpaired) electrons. The number of hydrogen-bond acceptors (Lipinski definition) is 1. The van der Waals surface area contributed by atoms with Crippen molar-refractivity contribution in [1.82, 2.24) is 9.38 Å². The predicted molar refractivity (Wildman–Crippen MR) is 139 cm³/mol. The SMILES string of the molecule is c1ccc(-c2nc3cc4c5ccccc5c5ccccc5c4cn3c2-c2ccccc2)cc1. The fourth-order valence-corrected chi connectivity index (χ4v) is 5.10. The van der Waals surface area contributed by atoms with Gasteiger partial charge in [0.25, 0.3) is 0 Å². The van der Waals surface area contributed by atoms with Gasteiger partial charge in [0, 0.05) is 22.7 Å². The highest BCUT2D eigenvalue weighted by Crippen LogP contribution is 2.38. The molecule has 2 heterocycles. The second-order valence-corrected chi connectivity index (χ2v) is 8.46. The molecule has 0 saturated heterocycles. The van der Waals surface area contributed by atoms with E-state index in [2.05, 4.69) is 120 Å². The minimum Gasteiger partial charge on any atom is -0.298 e. The summed E-state index contributed by atoms with van der Waals surface area (Å²) >= 11 is 0. The molecule has 2 nitrogen and oxygen atoms in total. The van der Waals surface area contributed by atoms with E-state index in [1.165, 1.54) is 32.3 Å². The Hall–Kier alpha value is -4.43. The molecule has 0 aliphatic heterocycles. The summed E-state index contributed by atoms with van der Waals surface area (Å²) in [5.74, 6) is 0. The van der Waals surface area contributed by atoms with Gasteiger partial charge in [0.1, 0.15) is 5.65 Å². The Kier molecular flexibility index (Phi) is 3.88. The molecule has 0 atom stereocenters. The van der Waals surface area contributed by atoms with Crippen molar-refractivity contribution in [3.05, 3.63) is 121 Å². The third-order valence-corrected chi connectivity index (χ3v) is 6.58. The van der Waals surface area contributed by atoms with Gasteiger partial charge in [-0.15, -0.1) is 0 Å². The van der Waals surface area contributed by atoms with E-state index in [-0.39, 0.29) is 0 Å². The van der Waals surface area contributed by atoms with Gasteiger partial charge in [0.15, 0.2) is 0 Å². The van der Waals surface area contributed by atoms with E-state index in [1.807, 2.05) is 6.07 Å². The molecule has 2 heteroatoms. The van der Waals surface area contributed by atoms with Crippen LogP contribution in [-0.2, 0) is 0 Å². The Morgan fingerprint density at radius 2 is 0.939 bits per heavy atom. The second kappa shape index (κ2) is 7.04. The van der Waals surface area contributed by atoms with Crippen LogP contribution >= 0.6 is 0 Å². The zero-order valence-corrected chi connectivity index (χ0v) is 17.9. The normalized spacial score (nSPS) is 11.6. The van der Waals surface area contributed by atoms with E-state index >= 15 is 0 Å². The highest BCUT2D eigenvalue weighted by molar-refractivity contribution is 6.25. The molecule has 33 heavy (non-hydrogen) atoms. The standard InChI is InChI=1S/C31H20N2/c1-3-11-21(12-4-1)30-31(22-13-5-2-6-14-22)33-20-28-26-18-10-8-16-24(26)23-15-7-9-17-25(23)27(28)19-29(33)32-30/h1-20H. The van der Waals surface area contributed by atoms with Crippen LogP contribution in [0.15, 0.2) is 121 Å². The topological polar surface area (TPSA) is 17.3 Å². The average molecular weight is 421 g/mol. The molecular weight excluding hydrogens is 400 g/mol. The van der Waals surface area contributed by atoms with E-state index in [0.717, 1.165) is 28.2 Å². The van der Waals surface area contributed by atoms with E-state index in [0.29, 0.717) is 0 Å². The van der Waals surface area contributed by atoms with Crippen LogP contribution in [0, 0.1) is 0 Å². The summed E-state index contributed by atoms with van der Waals surface area (Å²) in [7, 11) is 0. The highest BCUT2D eigenvalue weighted by atomic mass is 15.0. The Bertz CT molecular complexity index is 1800. The van der Waals surface area contributed by atoms with Crippen LogP contribution in [-0.4, -0.2) is 9.38 Å². The van der Waals surface area contributed by atoms with Crippen molar-refractivity contribution in [2.24, 2.45) is 0 Å². The van der Waals surface area contributed by atoms with Gasteiger partial charge in [-0.1, -0.05) is 109 Å². The van der Waals surface area contributed by atoms with Gasteiger partial charge < -0.3 is 0 Å². The third kappa shape index (κ3) is 2.71. The molecule has 0 saturated carbocycles. The molecule has 0 amide bonds. The van der Waals surface area contributed by atoms with Crippen molar-refractivity contribution in [3.8, 4) is 22.5 Å². The quantitative estimate of drug-likeness (QED) is 0.258. The summed E-state index contributed by atoms with van der Waals surface area (Å²) in [5.41, 5.74) is 5.37. The van der Waals surface area contributed by atoms with Crippen LogP contribution in [0.5, 0.6) is 0 Å². The van der Waals surface area contributed by atoms with Crippen molar-refractivity contribution in [2.75, 3.05) is 0 Å². The van der Waals surface area contributed by atoms with Crippen molar-refractivity contribution in [3.63, 3.8) is 0 Å². The third-order valence-electron chi connectivity index (χ3n) is 6.58. The Labute approximate surface area is 191 Å². The molecule has 0 bridgehead atoms. The van der Waals surface area contributed by atoms with Gasteiger partial charge in [-0.3, -0.25) is 4.40 Å². The molecule has 0 N–H and O–H groups in total. The number of hydrogen-bond donors (Lipinski definition) is 0. The summed E-state index contributed by atoms with van der Waals surface area (Å²) < 4.78 is 2.27. The lowest BCUT2D eigenvalue weighted by Crippen LogP contribution is -1.92. The van der Waals surface area contributed by atoms with Gasteiger partial charge in [-0.2, -0.15) is 0 Å². The van der Waals surface area contributed by atoms with E-state index in [1.54, 1.807) is 0 Å². The minimum atomic E-state index is 0.959. The fourth-order valence-electron chi connectivity index (χ4n) is 5.10. The van der Waals surface area contributed by atoms with E-state index < -0.39 is 0 Å². The number of fused-ring (bicyclic) bond motifs is 7. The smallest absolute Gasteiger partial charge is 0.138 e. The Morgan fingerprint density at radius 3 is 1.55 bits per heavy atom. The van der Waals surface area contributed by atoms with E-state index in [4.69, 9.17) is 4.98 Å². The summed E-state index contributed by atoms with van der Waals surface area (Å²) in [4.78, 5) is 5.16. The zero-order chi connectivity index (χ0) is 21.8. The van der Waals surface area contributed by atoms with Crippen molar-refractivity contribution >= 4 is 38.0 Å². The largest absolute Gasteiger partial charge is 0.298 e. The predicted octanol–water partition coefficient (Wildman–Crippen LogP) is 8.13. The molecule has 0 aliphatic rings. The number of rotatable bonds is 2. The van der Waals surface area contributed by atoms with Gasteiger partial charge >= 0.3 is 0 Å². The van der Waals surface area contributed by atoms with Crippen LogP contribution in [0.4, 0.5) is 0 Å². The summed E-state index contributed by atoms with van der Waals surface area (Å²) in [6, 6.07) is 40.7. The first-order chi connectivity index (χ1) is 16.4. The van der Waals surface area contributed by atoms with Crippen LogP contribution in [0.1, 0.15) is 0 Å². The molecule has 7 aromatic rings. The van der Waals surface area contributed by atoms with Gasteiger partial charge in [-0.25, -0.2) is 4.98 Å². The second-order valence-electron chi connectivity index (χ2n) is 8.46. The maximum absolute atomic E-state index is 5.16. The van der Waals surface area contributed by atoms with Crippen molar-refractivity contribution in [2.45, 2.75) is 0 Å².